The van der Waals surface area contributed by atoms with E-state index >= 15 is 0 Å². The Bertz CT molecular complexity index is 181. The number of hydrogen-bond acceptors (Lipinski definition) is 1. The molecule has 0 bridgehead atoms. The van der Waals surface area contributed by atoms with Gasteiger partial charge in [0.25, 0.3) is 0 Å². The van der Waals surface area contributed by atoms with Crippen molar-refractivity contribution in [3.8, 4) is 0 Å². The standard InChI is InChI=1S/C10H19N/c1-7-8(2)10(4,5)11(6)9(7)3/h7-8H,3H2,1-2,4-6H3. The lowest BCUT2D eigenvalue weighted by atomic mass is 9.84. The van der Waals surface area contributed by atoms with E-state index in [1.807, 2.05) is 0 Å². The highest BCUT2D eigenvalue weighted by Crippen LogP contribution is 2.42. The second-order valence-corrected chi connectivity index (χ2v) is 4.28. The summed E-state index contributed by atoms with van der Waals surface area (Å²) in [6.07, 6.45) is 0. The number of allylic oxidation sites excluding steroid dienone is 1. The van der Waals surface area contributed by atoms with Gasteiger partial charge >= 0.3 is 0 Å². The molecular weight excluding hydrogens is 134 g/mol. The highest BCUT2D eigenvalue weighted by Gasteiger charge is 2.42. The van der Waals surface area contributed by atoms with Gasteiger partial charge in [-0.25, -0.2) is 0 Å². The molecule has 0 radical (unpaired) electrons. The van der Waals surface area contributed by atoms with E-state index in [4.69, 9.17) is 0 Å². The van der Waals surface area contributed by atoms with Crippen LogP contribution in [0.25, 0.3) is 0 Å². The molecule has 1 rings (SSSR count). The lowest BCUT2D eigenvalue weighted by molar-refractivity contribution is 0.194. The molecule has 1 nitrogen and oxygen atoms in total. The van der Waals surface area contributed by atoms with Crippen LogP contribution in [0.5, 0.6) is 0 Å². The summed E-state index contributed by atoms with van der Waals surface area (Å²) >= 11 is 0. The van der Waals surface area contributed by atoms with Crippen LogP contribution in [0, 0.1) is 11.8 Å². The molecule has 64 valence electrons. The molecule has 0 spiro atoms. The first-order valence-electron chi connectivity index (χ1n) is 4.31. The van der Waals surface area contributed by atoms with Crippen LogP contribution in [0.3, 0.4) is 0 Å². The number of likely N-dealkylation sites (tertiary alicyclic amines) is 1. The summed E-state index contributed by atoms with van der Waals surface area (Å²) in [5.74, 6) is 1.34. The lowest BCUT2D eigenvalue weighted by Crippen LogP contribution is -2.38. The van der Waals surface area contributed by atoms with Crippen molar-refractivity contribution in [2.45, 2.75) is 33.2 Å². The first-order valence-corrected chi connectivity index (χ1v) is 4.31. The van der Waals surface area contributed by atoms with E-state index < -0.39 is 0 Å². The van der Waals surface area contributed by atoms with Crippen LogP contribution in [0.1, 0.15) is 27.7 Å². The second-order valence-electron chi connectivity index (χ2n) is 4.28. The van der Waals surface area contributed by atoms with Crippen molar-refractivity contribution >= 4 is 0 Å². The molecule has 1 saturated heterocycles. The lowest BCUT2D eigenvalue weighted by Gasteiger charge is -2.33. The van der Waals surface area contributed by atoms with Crippen LogP contribution in [0.15, 0.2) is 12.3 Å². The van der Waals surface area contributed by atoms with Gasteiger partial charge < -0.3 is 4.90 Å². The van der Waals surface area contributed by atoms with Crippen molar-refractivity contribution in [1.82, 2.24) is 4.90 Å². The van der Waals surface area contributed by atoms with E-state index in [0.29, 0.717) is 11.8 Å². The quantitative estimate of drug-likeness (QED) is 0.517. The van der Waals surface area contributed by atoms with Crippen LogP contribution >= 0.6 is 0 Å². The minimum absolute atomic E-state index is 0.288. The Kier molecular flexibility index (Phi) is 1.78. The molecule has 2 atom stereocenters. The molecule has 0 N–H and O–H groups in total. The van der Waals surface area contributed by atoms with Gasteiger partial charge in [0.15, 0.2) is 0 Å². The highest BCUT2D eigenvalue weighted by atomic mass is 15.2. The molecule has 1 heteroatoms. The Morgan fingerprint density at radius 1 is 1.36 bits per heavy atom. The van der Waals surface area contributed by atoms with Crippen LogP contribution in [-0.2, 0) is 0 Å². The Balaban J connectivity index is 2.96. The van der Waals surface area contributed by atoms with Gasteiger partial charge in [0.2, 0.25) is 0 Å². The molecule has 1 aliphatic rings. The van der Waals surface area contributed by atoms with E-state index in [2.05, 4.69) is 46.2 Å². The molecule has 0 aromatic carbocycles. The van der Waals surface area contributed by atoms with Gasteiger partial charge in [0, 0.05) is 24.2 Å². The van der Waals surface area contributed by atoms with Crippen LogP contribution in [0.2, 0.25) is 0 Å². The Labute approximate surface area is 70.1 Å². The zero-order chi connectivity index (χ0) is 8.81. The molecule has 0 aliphatic carbocycles. The third-order valence-corrected chi connectivity index (χ3v) is 3.69. The minimum atomic E-state index is 0.288. The van der Waals surface area contributed by atoms with Crippen molar-refractivity contribution < 1.29 is 0 Å². The molecule has 0 aromatic rings. The van der Waals surface area contributed by atoms with Gasteiger partial charge in [-0.3, -0.25) is 0 Å². The summed E-state index contributed by atoms with van der Waals surface area (Å²) < 4.78 is 0. The predicted octanol–water partition coefficient (Wildman–Crippen LogP) is 2.50. The fourth-order valence-electron chi connectivity index (χ4n) is 1.88. The SMILES string of the molecule is C=C1C(C)C(C)C(C)(C)N1C. The summed E-state index contributed by atoms with van der Waals surface area (Å²) in [5, 5.41) is 0. The van der Waals surface area contributed by atoms with Crippen LogP contribution in [0.4, 0.5) is 0 Å². The smallest absolute Gasteiger partial charge is 0.0371 e. The maximum atomic E-state index is 4.09. The maximum absolute atomic E-state index is 4.09. The van der Waals surface area contributed by atoms with Gasteiger partial charge in [-0.1, -0.05) is 20.4 Å². The largest absolute Gasteiger partial charge is 0.373 e. The zero-order valence-electron chi connectivity index (χ0n) is 8.31. The minimum Gasteiger partial charge on any atom is -0.373 e. The van der Waals surface area contributed by atoms with Crippen molar-refractivity contribution in [3.63, 3.8) is 0 Å². The van der Waals surface area contributed by atoms with Gasteiger partial charge in [-0.2, -0.15) is 0 Å². The molecule has 1 fully saturated rings. The number of hydrogen-bond donors (Lipinski definition) is 0. The first kappa shape index (κ1) is 8.63. The van der Waals surface area contributed by atoms with Crippen LogP contribution in [-0.4, -0.2) is 17.5 Å². The molecule has 11 heavy (non-hydrogen) atoms. The number of rotatable bonds is 0. The van der Waals surface area contributed by atoms with Crippen molar-refractivity contribution in [3.05, 3.63) is 12.3 Å². The fraction of sp³-hybridized carbons (Fsp3) is 0.800. The second kappa shape index (κ2) is 2.26. The summed E-state index contributed by atoms with van der Waals surface area (Å²) in [6.45, 7) is 13.2. The first-order chi connectivity index (χ1) is 4.89. The highest BCUT2D eigenvalue weighted by molar-refractivity contribution is 5.14. The van der Waals surface area contributed by atoms with Gasteiger partial charge in [0.05, 0.1) is 0 Å². The molecule has 0 aromatic heterocycles. The zero-order valence-corrected chi connectivity index (χ0v) is 8.31. The monoisotopic (exact) mass is 153 g/mol. The van der Waals surface area contributed by atoms with E-state index in [1.54, 1.807) is 0 Å². The van der Waals surface area contributed by atoms with Gasteiger partial charge in [0.1, 0.15) is 0 Å². The summed E-state index contributed by atoms with van der Waals surface area (Å²) in [5.41, 5.74) is 1.57. The fourth-order valence-corrected chi connectivity index (χ4v) is 1.88. The van der Waals surface area contributed by atoms with E-state index in [-0.39, 0.29) is 5.54 Å². The molecule has 0 saturated carbocycles. The maximum Gasteiger partial charge on any atom is 0.0371 e. The third kappa shape index (κ3) is 0.979. The Hall–Kier alpha value is -0.460. The van der Waals surface area contributed by atoms with Crippen molar-refractivity contribution in [2.24, 2.45) is 11.8 Å². The molecular formula is C10H19N. The summed E-state index contributed by atoms with van der Waals surface area (Å²) in [6, 6.07) is 0. The molecule has 2 unspecified atom stereocenters. The normalized spacial score (nSPS) is 36.5. The molecule has 1 aliphatic heterocycles. The Morgan fingerprint density at radius 3 is 1.91 bits per heavy atom. The average molecular weight is 153 g/mol. The van der Waals surface area contributed by atoms with Gasteiger partial charge in [-0.15, -0.1) is 0 Å². The van der Waals surface area contributed by atoms with E-state index in [1.165, 1.54) is 5.70 Å². The topological polar surface area (TPSA) is 3.24 Å². The number of nitrogens with zero attached hydrogens (tertiary/aromatic N) is 1. The van der Waals surface area contributed by atoms with Crippen molar-refractivity contribution in [2.75, 3.05) is 7.05 Å². The average Bonchev–Trinajstić information content (AvgIpc) is 2.06. The molecule has 1 heterocycles. The predicted molar refractivity (Wildman–Crippen MR) is 49.3 cm³/mol. The van der Waals surface area contributed by atoms with E-state index in [0.717, 1.165) is 0 Å². The van der Waals surface area contributed by atoms with Crippen molar-refractivity contribution in [1.29, 1.82) is 0 Å². The van der Waals surface area contributed by atoms with Crippen LogP contribution < -0.4 is 0 Å². The van der Waals surface area contributed by atoms with E-state index in [9.17, 15) is 0 Å². The summed E-state index contributed by atoms with van der Waals surface area (Å²) in [7, 11) is 2.14. The third-order valence-electron chi connectivity index (χ3n) is 3.69. The summed E-state index contributed by atoms with van der Waals surface area (Å²) in [4.78, 5) is 2.31. The molecule has 0 amide bonds. The van der Waals surface area contributed by atoms with Gasteiger partial charge in [-0.05, 0) is 19.8 Å². The Morgan fingerprint density at radius 2 is 1.82 bits per heavy atom.